The Morgan fingerprint density at radius 1 is 1.08 bits per heavy atom. The third-order valence-corrected chi connectivity index (χ3v) is 7.79. The van der Waals surface area contributed by atoms with E-state index in [0.717, 1.165) is 44.1 Å². The van der Waals surface area contributed by atoms with E-state index in [0.29, 0.717) is 12.5 Å². The van der Waals surface area contributed by atoms with Gasteiger partial charge in [-0.25, -0.2) is 0 Å². The molecule has 0 heterocycles. The number of likely N-dealkylation sites (N-methyl/N-ethyl adjacent to an activating group) is 1. The lowest BCUT2D eigenvalue weighted by Gasteiger charge is -2.49. The van der Waals surface area contributed by atoms with E-state index < -0.39 is 5.60 Å². The first-order valence-electron chi connectivity index (χ1n) is 11.0. The predicted octanol–water partition coefficient (Wildman–Crippen LogP) is 4.47. The first-order valence-corrected chi connectivity index (χ1v) is 11.0. The molecule has 4 heteroatoms. The van der Waals surface area contributed by atoms with Gasteiger partial charge in [0.25, 0.3) is 0 Å². The van der Waals surface area contributed by atoms with E-state index in [4.69, 9.17) is 4.84 Å². The van der Waals surface area contributed by atoms with Crippen molar-refractivity contribution in [3.8, 4) is 0 Å². The monoisotopic (exact) mass is 364 g/mol. The molecule has 3 saturated carbocycles. The van der Waals surface area contributed by atoms with E-state index in [1.807, 2.05) is 20.3 Å². The average molecular weight is 365 g/mol. The van der Waals surface area contributed by atoms with Crippen LogP contribution in [-0.2, 0) is 4.84 Å². The zero-order valence-corrected chi connectivity index (χ0v) is 17.3. The Balaban J connectivity index is 1.53. The van der Waals surface area contributed by atoms with Gasteiger partial charge in [0, 0.05) is 24.1 Å². The molecular weight excluding hydrogens is 324 g/mol. The predicted molar refractivity (Wildman–Crippen MR) is 107 cm³/mol. The molecule has 3 aliphatic carbocycles. The van der Waals surface area contributed by atoms with E-state index >= 15 is 0 Å². The highest BCUT2D eigenvalue weighted by molar-refractivity contribution is 5.62. The highest BCUT2D eigenvalue weighted by atomic mass is 16.6. The fourth-order valence-electron chi connectivity index (χ4n) is 5.91. The Morgan fingerprint density at radius 2 is 1.85 bits per heavy atom. The Hall–Kier alpha value is -0.610. The third-order valence-electron chi connectivity index (χ3n) is 7.79. The van der Waals surface area contributed by atoms with Gasteiger partial charge in [-0.3, -0.25) is 0 Å². The summed E-state index contributed by atoms with van der Waals surface area (Å²) in [6.45, 7) is 3.81. The van der Waals surface area contributed by atoms with Crippen molar-refractivity contribution < 1.29 is 9.94 Å². The maximum atomic E-state index is 11.5. The standard InChI is InChI=1S/C22H40N2O2/c1-21-11-9-19(15-18-7-5-4-6-8-18)16-22(21,25)12-10-20(21)17-23-26-14-13-24(2)3/h17-20,25H,4-16H2,1-3H3/b23-17+/t19-,20+,21+,22-/m0/s1. The molecule has 26 heavy (non-hydrogen) atoms. The minimum absolute atomic E-state index is 0.0233. The molecule has 3 aliphatic rings. The van der Waals surface area contributed by atoms with Crippen molar-refractivity contribution in [2.75, 3.05) is 27.2 Å². The van der Waals surface area contributed by atoms with Gasteiger partial charge >= 0.3 is 0 Å². The molecule has 0 aliphatic heterocycles. The van der Waals surface area contributed by atoms with E-state index in [2.05, 4.69) is 17.0 Å². The van der Waals surface area contributed by atoms with Crippen molar-refractivity contribution >= 4 is 6.21 Å². The topological polar surface area (TPSA) is 45.1 Å². The Morgan fingerprint density at radius 3 is 2.58 bits per heavy atom. The van der Waals surface area contributed by atoms with Crippen molar-refractivity contribution in [3.05, 3.63) is 0 Å². The molecule has 150 valence electrons. The van der Waals surface area contributed by atoms with Crippen molar-refractivity contribution in [3.63, 3.8) is 0 Å². The van der Waals surface area contributed by atoms with Crippen molar-refractivity contribution in [2.45, 2.75) is 83.2 Å². The van der Waals surface area contributed by atoms with Crippen LogP contribution in [0, 0.1) is 23.2 Å². The normalized spacial score (nSPS) is 38.8. The largest absolute Gasteiger partial charge is 0.395 e. The highest BCUT2D eigenvalue weighted by Crippen LogP contribution is 2.59. The number of nitrogens with zero attached hydrogens (tertiary/aromatic N) is 2. The minimum Gasteiger partial charge on any atom is -0.395 e. The molecule has 3 fully saturated rings. The van der Waals surface area contributed by atoms with E-state index in [9.17, 15) is 5.11 Å². The van der Waals surface area contributed by atoms with Crippen LogP contribution in [0.1, 0.15) is 77.6 Å². The summed E-state index contributed by atoms with van der Waals surface area (Å²) in [6.07, 6.45) is 15.9. The molecule has 3 rings (SSSR count). The summed E-state index contributed by atoms with van der Waals surface area (Å²) in [5.41, 5.74) is -0.518. The van der Waals surface area contributed by atoms with E-state index in [1.165, 1.54) is 44.9 Å². The summed E-state index contributed by atoms with van der Waals surface area (Å²) in [5.74, 6) is 2.00. The van der Waals surface area contributed by atoms with Gasteiger partial charge in [0.05, 0.1) is 5.60 Å². The SMILES string of the molecule is CN(C)CCO/N=C/[C@H]1CC[C@]2(O)C[C@H](CC3CCCCC3)CC[C@]12C. The second kappa shape index (κ2) is 8.60. The van der Waals surface area contributed by atoms with Crippen LogP contribution >= 0.6 is 0 Å². The number of aliphatic hydroxyl groups is 1. The third kappa shape index (κ3) is 4.44. The van der Waals surface area contributed by atoms with Gasteiger partial charge in [-0.05, 0) is 64.5 Å². The van der Waals surface area contributed by atoms with Crippen LogP contribution in [0.5, 0.6) is 0 Å². The molecule has 0 spiro atoms. The Kier molecular flexibility index (Phi) is 6.66. The average Bonchev–Trinajstić information content (AvgIpc) is 2.86. The van der Waals surface area contributed by atoms with Crippen LogP contribution in [-0.4, -0.2) is 49.1 Å². The summed E-state index contributed by atoms with van der Waals surface area (Å²) in [7, 11) is 4.08. The first kappa shape index (κ1) is 20.1. The van der Waals surface area contributed by atoms with Crippen molar-refractivity contribution in [1.82, 2.24) is 4.90 Å². The Bertz CT molecular complexity index is 475. The molecule has 4 atom stereocenters. The second-order valence-electron chi connectivity index (χ2n) is 9.83. The van der Waals surface area contributed by atoms with Gasteiger partial charge in [-0.1, -0.05) is 44.2 Å². The van der Waals surface area contributed by atoms with Crippen LogP contribution in [0.25, 0.3) is 0 Å². The van der Waals surface area contributed by atoms with Gasteiger partial charge < -0.3 is 14.8 Å². The van der Waals surface area contributed by atoms with Crippen LogP contribution < -0.4 is 0 Å². The number of hydrogen-bond acceptors (Lipinski definition) is 4. The molecule has 4 nitrogen and oxygen atoms in total. The maximum Gasteiger partial charge on any atom is 0.129 e. The molecule has 0 unspecified atom stereocenters. The van der Waals surface area contributed by atoms with Crippen molar-refractivity contribution in [1.29, 1.82) is 0 Å². The molecule has 1 N–H and O–H groups in total. The number of oxime groups is 1. The number of rotatable bonds is 7. The maximum absolute atomic E-state index is 11.5. The van der Waals surface area contributed by atoms with Gasteiger partial charge in [-0.2, -0.15) is 0 Å². The molecule has 0 bridgehead atoms. The molecule has 0 aromatic heterocycles. The summed E-state index contributed by atoms with van der Waals surface area (Å²) >= 11 is 0. The minimum atomic E-state index is -0.495. The zero-order chi connectivity index (χ0) is 18.6. The summed E-state index contributed by atoms with van der Waals surface area (Å²) < 4.78 is 0. The molecule has 0 aromatic carbocycles. The van der Waals surface area contributed by atoms with Crippen LogP contribution in [0.2, 0.25) is 0 Å². The van der Waals surface area contributed by atoms with Crippen LogP contribution in [0.3, 0.4) is 0 Å². The van der Waals surface area contributed by atoms with Crippen molar-refractivity contribution in [2.24, 2.45) is 28.3 Å². The molecule has 0 radical (unpaired) electrons. The van der Waals surface area contributed by atoms with E-state index in [-0.39, 0.29) is 5.41 Å². The van der Waals surface area contributed by atoms with E-state index in [1.54, 1.807) is 0 Å². The van der Waals surface area contributed by atoms with Crippen LogP contribution in [0.4, 0.5) is 0 Å². The smallest absolute Gasteiger partial charge is 0.129 e. The molecule has 0 amide bonds. The lowest BCUT2D eigenvalue weighted by molar-refractivity contribution is -0.109. The first-order chi connectivity index (χ1) is 12.4. The fourth-order valence-corrected chi connectivity index (χ4v) is 5.91. The second-order valence-corrected chi connectivity index (χ2v) is 9.83. The highest BCUT2D eigenvalue weighted by Gasteiger charge is 2.58. The fraction of sp³-hybridized carbons (Fsp3) is 0.955. The van der Waals surface area contributed by atoms with Gasteiger partial charge in [-0.15, -0.1) is 0 Å². The zero-order valence-electron chi connectivity index (χ0n) is 17.3. The number of hydrogen-bond donors (Lipinski definition) is 1. The van der Waals surface area contributed by atoms with Gasteiger partial charge in [0.1, 0.15) is 6.61 Å². The summed E-state index contributed by atoms with van der Waals surface area (Å²) in [5, 5.41) is 15.7. The molecule has 0 saturated heterocycles. The Labute approximate surface area is 160 Å². The quantitative estimate of drug-likeness (QED) is 0.412. The lowest BCUT2D eigenvalue weighted by atomic mass is 9.59. The lowest BCUT2D eigenvalue weighted by Crippen LogP contribution is -2.50. The van der Waals surface area contributed by atoms with Crippen LogP contribution in [0.15, 0.2) is 5.16 Å². The molecular formula is C22H40N2O2. The summed E-state index contributed by atoms with van der Waals surface area (Å²) in [6, 6.07) is 0. The van der Waals surface area contributed by atoms with Gasteiger partial charge in [0.2, 0.25) is 0 Å². The number of fused-ring (bicyclic) bond motifs is 1. The molecule has 0 aromatic rings. The summed E-state index contributed by atoms with van der Waals surface area (Å²) in [4.78, 5) is 7.53. The van der Waals surface area contributed by atoms with Gasteiger partial charge in [0.15, 0.2) is 0 Å².